The smallest absolute Gasteiger partial charge is 0.319 e. The Morgan fingerprint density at radius 1 is 1.09 bits per heavy atom. The third-order valence-corrected chi connectivity index (χ3v) is 3.57. The van der Waals surface area contributed by atoms with E-state index in [2.05, 4.69) is 10.6 Å². The summed E-state index contributed by atoms with van der Waals surface area (Å²) in [5.41, 5.74) is 1.54. The second-order valence-electron chi connectivity index (χ2n) is 4.94. The van der Waals surface area contributed by atoms with Gasteiger partial charge in [0.15, 0.2) is 11.5 Å². The van der Waals surface area contributed by atoms with Crippen LogP contribution in [0.2, 0.25) is 5.02 Å². The van der Waals surface area contributed by atoms with E-state index >= 15 is 0 Å². The van der Waals surface area contributed by atoms with Crippen molar-refractivity contribution in [2.45, 2.75) is 13.0 Å². The van der Waals surface area contributed by atoms with Gasteiger partial charge in [-0.1, -0.05) is 23.7 Å². The van der Waals surface area contributed by atoms with Crippen molar-refractivity contribution in [2.24, 2.45) is 0 Å². The Morgan fingerprint density at radius 3 is 2.48 bits per heavy atom. The number of hydrogen-bond donors (Lipinski definition) is 2. The molecule has 23 heavy (non-hydrogen) atoms. The van der Waals surface area contributed by atoms with E-state index in [1.807, 2.05) is 25.1 Å². The molecule has 2 amide bonds. The van der Waals surface area contributed by atoms with Crippen LogP contribution in [0.15, 0.2) is 42.5 Å². The van der Waals surface area contributed by atoms with Crippen molar-refractivity contribution in [3.05, 3.63) is 53.1 Å². The molecule has 2 rings (SSSR count). The van der Waals surface area contributed by atoms with Gasteiger partial charge in [0.2, 0.25) is 0 Å². The number of carbonyl (C=O) groups is 1. The van der Waals surface area contributed by atoms with Gasteiger partial charge in [-0.25, -0.2) is 4.79 Å². The molecule has 0 bridgehead atoms. The third kappa shape index (κ3) is 4.53. The zero-order valence-corrected chi connectivity index (χ0v) is 14.0. The van der Waals surface area contributed by atoms with Crippen LogP contribution in [0.4, 0.5) is 10.5 Å². The van der Waals surface area contributed by atoms with Crippen molar-refractivity contribution in [1.29, 1.82) is 0 Å². The Kier molecular flexibility index (Phi) is 5.71. The van der Waals surface area contributed by atoms with Crippen LogP contribution in [0.1, 0.15) is 18.5 Å². The molecule has 0 aliphatic rings. The molecule has 0 aromatic heterocycles. The van der Waals surface area contributed by atoms with Gasteiger partial charge in [0.05, 0.1) is 20.3 Å². The van der Waals surface area contributed by atoms with Gasteiger partial charge in [0.1, 0.15) is 0 Å². The predicted octanol–water partition coefficient (Wildman–Crippen LogP) is 4.24. The predicted molar refractivity (Wildman–Crippen MR) is 91.6 cm³/mol. The number of hydrogen-bond acceptors (Lipinski definition) is 3. The molecule has 0 heterocycles. The highest BCUT2D eigenvalue weighted by molar-refractivity contribution is 6.30. The monoisotopic (exact) mass is 334 g/mol. The molecule has 0 spiro atoms. The fraction of sp³-hybridized carbons (Fsp3) is 0.235. The second kappa shape index (κ2) is 7.74. The number of anilines is 1. The molecule has 0 saturated carbocycles. The first-order chi connectivity index (χ1) is 11.0. The Labute approximate surface area is 140 Å². The van der Waals surface area contributed by atoms with Crippen molar-refractivity contribution in [1.82, 2.24) is 5.32 Å². The summed E-state index contributed by atoms with van der Waals surface area (Å²) in [6, 6.07) is 12.1. The highest BCUT2D eigenvalue weighted by Gasteiger charge is 2.11. The van der Waals surface area contributed by atoms with Crippen LogP contribution in [0.25, 0.3) is 0 Å². The summed E-state index contributed by atoms with van der Waals surface area (Å²) in [5.74, 6) is 1.15. The van der Waals surface area contributed by atoms with Crippen LogP contribution in [0.3, 0.4) is 0 Å². The molecule has 2 aromatic rings. The van der Waals surface area contributed by atoms with Crippen LogP contribution in [0, 0.1) is 0 Å². The van der Waals surface area contributed by atoms with Gasteiger partial charge in [-0.15, -0.1) is 0 Å². The minimum absolute atomic E-state index is 0.172. The molecule has 2 N–H and O–H groups in total. The zero-order valence-electron chi connectivity index (χ0n) is 13.2. The average molecular weight is 335 g/mol. The largest absolute Gasteiger partial charge is 0.493 e. The lowest BCUT2D eigenvalue weighted by Gasteiger charge is -2.16. The van der Waals surface area contributed by atoms with Gasteiger partial charge in [0, 0.05) is 16.8 Å². The molecule has 122 valence electrons. The summed E-state index contributed by atoms with van der Waals surface area (Å²) >= 11 is 5.96. The highest BCUT2D eigenvalue weighted by atomic mass is 35.5. The Morgan fingerprint density at radius 2 is 1.83 bits per heavy atom. The molecule has 0 radical (unpaired) electrons. The van der Waals surface area contributed by atoms with Crippen molar-refractivity contribution >= 4 is 23.3 Å². The molecule has 0 aliphatic carbocycles. The van der Waals surface area contributed by atoms with E-state index in [0.717, 1.165) is 5.56 Å². The van der Waals surface area contributed by atoms with Gasteiger partial charge < -0.3 is 20.1 Å². The van der Waals surface area contributed by atoms with E-state index in [0.29, 0.717) is 22.2 Å². The number of benzene rings is 2. The van der Waals surface area contributed by atoms with Crippen LogP contribution in [-0.2, 0) is 0 Å². The highest BCUT2D eigenvalue weighted by Crippen LogP contribution is 2.29. The summed E-state index contributed by atoms with van der Waals surface area (Å²) < 4.78 is 10.4. The molecule has 0 unspecified atom stereocenters. The quantitative estimate of drug-likeness (QED) is 0.859. The lowest BCUT2D eigenvalue weighted by atomic mass is 10.1. The first kappa shape index (κ1) is 17.0. The Bertz CT molecular complexity index is 691. The van der Waals surface area contributed by atoms with Gasteiger partial charge >= 0.3 is 6.03 Å². The molecule has 1 atom stereocenters. The molecular formula is C17H19ClN2O3. The maximum absolute atomic E-state index is 12.1. The van der Waals surface area contributed by atoms with Crippen molar-refractivity contribution in [3.63, 3.8) is 0 Å². The molecule has 2 aromatic carbocycles. The lowest BCUT2D eigenvalue weighted by molar-refractivity contribution is 0.249. The number of ether oxygens (including phenoxy) is 2. The standard InChI is InChI=1S/C17H19ClN2O3/c1-11(12-5-4-6-13(18)9-12)19-17(21)20-14-7-8-15(22-2)16(10-14)23-3/h4-11H,1-3H3,(H2,19,20,21)/t11-/m0/s1. The number of carbonyl (C=O) groups excluding carboxylic acids is 1. The number of amides is 2. The van der Waals surface area contributed by atoms with Crippen LogP contribution in [0.5, 0.6) is 11.5 Å². The first-order valence-electron chi connectivity index (χ1n) is 7.08. The Balaban J connectivity index is 2.02. The topological polar surface area (TPSA) is 59.6 Å². The van der Waals surface area contributed by atoms with Crippen molar-refractivity contribution in [2.75, 3.05) is 19.5 Å². The lowest BCUT2D eigenvalue weighted by Crippen LogP contribution is -2.31. The van der Waals surface area contributed by atoms with E-state index < -0.39 is 0 Å². The van der Waals surface area contributed by atoms with Gasteiger partial charge in [-0.3, -0.25) is 0 Å². The summed E-state index contributed by atoms with van der Waals surface area (Å²) in [4.78, 5) is 12.1. The second-order valence-corrected chi connectivity index (χ2v) is 5.38. The molecule has 0 saturated heterocycles. The van der Waals surface area contributed by atoms with Crippen LogP contribution >= 0.6 is 11.6 Å². The minimum atomic E-state index is -0.315. The van der Waals surface area contributed by atoms with E-state index in [1.54, 1.807) is 38.5 Å². The van der Waals surface area contributed by atoms with E-state index in [4.69, 9.17) is 21.1 Å². The maximum atomic E-state index is 12.1. The minimum Gasteiger partial charge on any atom is -0.493 e. The van der Waals surface area contributed by atoms with Gasteiger partial charge in [0.25, 0.3) is 0 Å². The van der Waals surface area contributed by atoms with E-state index in [9.17, 15) is 4.79 Å². The average Bonchev–Trinajstić information content (AvgIpc) is 2.54. The number of rotatable bonds is 5. The molecule has 0 fully saturated rings. The van der Waals surface area contributed by atoms with E-state index in [1.165, 1.54) is 0 Å². The van der Waals surface area contributed by atoms with Crippen molar-refractivity contribution in [3.8, 4) is 11.5 Å². The number of halogens is 1. The molecule has 5 nitrogen and oxygen atoms in total. The molecular weight excluding hydrogens is 316 g/mol. The van der Waals surface area contributed by atoms with Crippen LogP contribution in [-0.4, -0.2) is 20.3 Å². The third-order valence-electron chi connectivity index (χ3n) is 3.34. The summed E-state index contributed by atoms with van der Waals surface area (Å²) in [6.45, 7) is 1.89. The molecule has 6 heteroatoms. The van der Waals surface area contributed by atoms with Gasteiger partial charge in [-0.05, 0) is 36.8 Å². The number of nitrogens with one attached hydrogen (secondary N) is 2. The first-order valence-corrected chi connectivity index (χ1v) is 7.46. The summed E-state index contributed by atoms with van der Waals surface area (Å²) in [5, 5.41) is 6.26. The summed E-state index contributed by atoms with van der Waals surface area (Å²) in [7, 11) is 3.10. The fourth-order valence-electron chi connectivity index (χ4n) is 2.14. The fourth-order valence-corrected chi connectivity index (χ4v) is 2.34. The maximum Gasteiger partial charge on any atom is 0.319 e. The normalized spacial score (nSPS) is 11.5. The Hall–Kier alpha value is -2.40. The number of urea groups is 1. The molecule has 0 aliphatic heterocycles. The van der Waals surface area contributed by atoms with Crippen molar-refractivity contribution < 1.29 is 14.3 Å². The SMILES string of the molecule is COc1ccc(NC(=O)N[C@@H](C)c2cccc(Cl)c2)cc1OC. The summed E-state index contributed by atoms with van der Waals surface area (Å²) in [6.07, 6.45) is 0. The zero-order chi connectivity index (χ0) is 16.8. The van der Waals surface area contributed by atoms with Gasteiger partial charge in [-0.2, -0.15) is 0 Å². The van der Waals surface area contributed by atoms with Crippen LogP contribution < -0.4 is 20.1 Å². The number of methoxy groups -OCH3 is 2. The van der Waals surface area contributed by atoms with E-state index in [-0.39, 0.29) is 12.1 Å².